The van der Waals surface area contributed by atoms with Gasteiger partial charge in [-0.25, -0.2) is 4.79 Å². The van der Waals surface area contributed by atoms with E-state index >= 15 is 0 Å². The second-order valence-corrected chi connectivity index (χ2v) is 12.9. The summed E-state index contributed by atoms with van der Waals surface area (Å²) in [5.41, 5.74) is 1.96. The van der Waals surface area contributed by atoms with Gasteiger partial charge in [-0.1, -0.05) is 55.7 Å². The normalized spacial score (nSPS) is 22.5. The fraction of sp³-hybridized carbons (Fsp3) is 0.543. The van der Waals surface area contributed by atoms with E-state index in [0.717, 1.165) is 71.2 Å². The first-order valence-electron chi connectivity index (χ1n) is 16.4. The van der Waals surface area contributed by atoms with Gasteiger partial charge in [0.2, 0.25) is 0 Å². The first kappa shape index (κ1) is 32.6. The number of nitro benzene ring substituents is 1. The van der Waals surface area contributed by atoms with E-state index in [1.165, 1.54) is 24.1 Å². The highest BCUT2D eigenvalue weighted by Crippen LogP contribution is 2.38. The fourth-order valence-electron chi connectivity index (χ4n) is 7.70. The van der Waals surface area contributed by atoms with Crippen LogP contribution in [0.1, 0.15) is 62.0 Å². The number of carboxylic acids is 1. The van der Waals surface area contributed by atoms with Crippen molar-refractivity contribution < 1.29 is 24.4 Å². The molecule has 2 aliphatic heterocycles. The van der Waals surface area contributed by atoms with Crippen molar-refractivity contribution in [2.45, 2.75) is 69.6 Å². The Labute approximate surface area is 265 Å². The van der Waals surface area contributed by atoms with Crippen molar-refractivity contribution in [3.05, 3.63) is 88.5 Å². The summed E-state index contributed by atoms with van der Waals surface area (Å²) in [6.07, 6.45) is 8.37. The number of rotatable bonds is 12. The third-order valence-electron chi connectivity index (χ3n) is 10.0. The summed E-state index contributed by atoms with van der Waals surface area (Å²) in [7, 11) is 0. The van der Waals surface area contributed by atoms with E-state index in [4.69, 9.17) is 4.74 Å². The lowest BCUT2D eigenvalue weighted by molar-refractivity contribution is -0.384. The van der Waals surface area contributed by atoms with E-state index in [0.29, 0.717) is 18.0 Å². The molecule has 1 amide bonds. The van der Waals surface area contributed by atoms with Crippen molar-refractivity contribution in [3.63, 3.8) is 0 Å². The zero-order chi connectivity index (χ0) is 31.8. The Balaban J connectivity index is 1.19. The predicted molar refractivity (Wildman–Crippen MR) is 172 cm³/mol. The van der Waals surface area contributed by atoms with Crippen LogP contribution in [0.15, 0.2) is 67.3 Å². The van der Waals surface area contributed by atoms with Gasteiger partial charge in [0.25, 0.3) is 5.69 Å². The number of nitrogens with zero attached hydrogens (tertiary/aromatic N) is 4. The number of non-ortho nitro benzene ring substituents is 1. The molecule has 45 heavy (non-hydrogen) atoms. The molecule has 3 aliphatic rings. The standard InChI is InChI=1S/C35H46N4O6/c1-2-19-38(35(42)45-25-26-13-15-31(16-14-26)39(43)44)30-17-20-36(21-18-30)22-29-23-37(24-32(29)27-9-5-3-6-10-27)33(34(40)41)28-11-7-4-8-12-28/h2-3,5-6,9-10,13-16,28-30,32-33H,1,4,7-8,11-12,17-25H2,(H,40,41). The van der Waals surface area contributed by atoms with Crippen LogP contribution >= 0.6 is 0 Å². The Morgan fingerprint density at radius 3 is 2.33 bits per heavy atom. The maximum Gasteiger partial charge on any atom is 0.410 e. The number of carbonyl (C=O) groups excluding carboxylic acids is 1. The number of ether oxygens (including phenoxy) is 1. The predicted octanol–water partition coefficient (Wildman–Crippen LogP) is 5.93. The molecule has 242 valence electrons. The Hall–Kier alpha value is -3.76. The van der Waals surface area contributed by atoms with E-state index in [2.05, 4.69) is 40.6 Å². The Kier molecular flexibility index (Phi) is 11.2. The van der Waals surface area contributed by atoms with Crippen LogP contribution in [-0.4, -0.2) is 88.1 Å². The Morgan fingerprint density at radius 1 is 1.02 bits per heavy atom. The number of carbonyl (C=O) groups is 2. The van der Waals surface area contributed by atoms with E-state index in [1.54, 1.807) is 23.1 Å². The molecular weight excluding hydrogens is 572 g/mol. The summed E-state index contributed by atoms with van der Waals surface area (Å²) in [5.74, 6) is 0.141. The molecule has 1 aliphatic carbocycles. The molecule has 1 saturated carbocycles. The molecule has 5 rings (SSSR count). The van der Waals surface area contributed by atoms with Crippen molar-refractivity contribution >= 4 is 17.7 Å². The maximum absolute atomic E-state index is 13.1. The minimum absolute atomic E-state index is 0.00329. The fourth-order valence-corrected chi connectivity index (χ4v) is 7.70. The number of piperidine rings is 1. The largest absolute Gasteiger partial charge is 0.480 e. The Bertz CT molecular complexity index is 1290. The van der Waals surface area contributed by atoms with Gasteiger partial charge in [-0.2, -0.15) is 0 Å². The van der Waals surface area contributed by atoms with Crippen LogP contribution in [0.25, 0.3) is 0 Å². The molecule has 0 bridgehead atoms. The molecule has 1 N–H and O–H groups in total. The summed E-state index contributed by atoms with van der Waals surface area (Å²) in [6.45, 7) is 8.40. The molecular formula is C35H46N4O6. The molecule has 2 aromatic carbocycles. The molecule has 10 heteroatoms. The number of aliphatic carboxylic acids is 1. The van der Waals surface area contributed by atoms with Gasteiger partial charge < -0.3 is 19.6 Å². The molecule has 0 aromatic heterocycles. The number of likely N-dealkylation sites (tertiary alicyclic amines) is 2. The van der Waals surface area contributed by atoms with Gasteiger partial charge in [0.15, 0.2) is 0 Å². The van der Waals surface area contributed by atoms with Gasteiger partial charge in [0.05, 0.1) is 4.92 Å². The van der Waals surface area contributed by atoms with Crippen molar-refractivity contribution in [2.75, 3.05) is 39.3 Å². The molecule has 2 heterocycles. The van der Waals surface area contributed by atoms with Gasteiger partial charge >= 0.3 is 12.1 Å². The van der Waals surface area contributed by atoms with E-state index in [-0.39, 0.29) is 30.2 Å². The minimum Gasteiger partial charge on any atom is -0.480 e. The van der Waals surface area contributed by atoms with E-state index < -0.39 is 23.0 Å². The quantitative estimate of drug-likeness (QED) is 0.177. The summed E-state index contributed by atoms with van der Waals surface area (Å²) in [4.78, 5) is 42.6. The summed E-state index contributed by atoms with van der Waals surface area (Å²) < 4.78 is 5.60. The Morgan fingerprint density at radius 2 is 1.71 bits per heavy atom. The van der Waals surface area contributed by atoms with Gasteiger partial charge in [-0.05, 0) is 60.8 Å². The molecule has 2 aromatic rings. The van der Waals surface area contributed by atoms with Crippen molar-refractivity contribution in [1.29, 1.82) is 0 Å². The van der Waals surface area contributed by atoms with E-state index in [1.807, 2.05) is 6.07 Å². The van der Waals surface area contributed by atoms with Crippen LogP contribution in [0, 0.1) is 22.0 Å². The van der Waals surface area contributed by atoms with Gasteiger partial charge in [-0.15, -0.1) is 6.58 Å². The summed E-state index contributed by atoms with van der Waals surface area (Å²) >= 11 is 0. The number of nitro groups is 1. The van der Waals surface area contributed by atoms with Crippen LogP contribution in [0.3, 0.4) is 0 Å². The van der Waals surface area contributed by atoms with Gasteiger partial charge in [0.1, 0.15) is 12.6 Å². The number of hydrogen-bond acceptors (Lipinski definition) is 7. The molecule has 0 radical (unpaired) electrons. The second kappa shape index (κ2) is 15.5. The third-order valence-corrected chi connectivity index (χ3v) is 10.0. The lowest BCUT2D eigenvalue weighted by Gasteiger charge is -2.39. The first-order valence-corrected chi connectivity index (χ1v) is 16.4. The second-order valence-electron chi connectivity index (χ2n) is 12.9. The van der Waals surface area contributed by atoms with Crippen LogP contribution in [0.2, 0.25) is 0 Å². The van der Waals surface area contributed by atoms with Gasteiger partial charge in [0, 0.05) is 63.4 Å². The average Bonchev–Trinajstić information content (AvgIpc) is 3.46. The maximum atomic E-state index is 13.1. The monoisotopic (exact) mass is 618 g/mol. The number of carboxylic acid groups (broad SMARTS) is 1. The van der Waals surface area contributed by atoms with Crippen molar-refractivity contribution in [3.8, 4) is 0 Å². The smallest absolute Gasteiger partial charge is 0.410 e. The van der Waals surface area contributed by atoms with Crippen molar-refractivity contribution in [2.24, 2.45) is 11.8 Å². The number of benzene rings is 2. The molecule has 3 unspecified atom stereocenters. The van der Waals surface area contributed by atoms with Crippen LogP contribution in [-0.2, 0) is 16.1 Å². The first-order chi connectivity index (χ1) is 21.8. The zero-order valence-electron chi connectivity index (χ0n) is 26.0. The number of amides is 1. The van der Waals surface area contributed by atoms with Gasteiger partial charge in [-0.3, -0.25) is 19.8 Å². The lowest BCUT2D eigenvalue weighted by Crippen LogP contribution is -2.49. The molecule has 3 fully saturated rings. The lowest BCUT2D eigenvalue weighted by atomic mass is 9.83. The summed E-state index contributed by atoms with van der Waals surface area (Å²) in [6, 6.07) is 16.2. The van der Waals surface area contributed by atoms with Crippen molar-refractivity contribution in [1.82, 2.24) is 14.7 Å². The van der Waals surface area contributed by atoms with Crippen LogP contribution in [0.4, 0.5) is 10.5 Å². The zero-order valence-corrected chi connectivity index (χ0v) is 26.0. The van der Waals surface area contributed by atoms with E-state index in [9.17, 15) is 24.8 Å². The molecule has 2 saturated heterocycles. The topological polar surface area (TPSA) is 116 Å². The number of hydrogen-bond donors (Lipinski definition) is 1. The third kappa shape index (κ3) is 8.29. The molecule has 10 nitrogen and oxygen atoms in total. The van der Waals surface area contributed by atoms with Crippen LogP contribution in [0.5, 0.6) is 0 Å². The average molecular weight is 619 g/mol. The highest BCUT2D eigenvalue weighted by atomic mass is 16.6. The molecule has 0 spiro atoms. The summed E-state index contributed by atoms with van der Waals surface area (Å²) in [5, 5.41) is 21.2. The molecule has 3 atom stereocenters. The highest BCUT2D eigenvalue weighted by molar-refractivity contribution is 5.74. The SMILES string of the molecule is C=CCN(C(=O)OCc1ccc([N+](=O)[O-])cc1)C1CCN(CC2CN(C(C(=O)O)C3CCCCC3)CC2c2ccccc2)CC1. The van der Waals surface area contributed by atoms with Crippen LogP contribution < -0.4 is 0 Å². The highest BCUT2D eigenvalue weighted by Gasteiger charge is 2.43. The minimum atomic E-state index is -0.682.